The number of aromatic hydroxyl groups is 2. The van der Waals surface area contributed by atoms with E-state index >= 15 is 0 Å². The number of imidazole rings is 1. The summed E-state index contributed by atoms with van der Waals surface area (Å²) in [6.07, 6.45) is 5.12. The first-order chi connectivity index (χ1) is 14.2. The summed E-state index contributed by atoms with van der Waals surface area (Å²) in [5.41, 5.74) is 3.86. The maximum absolute atomic E-state index is 10.6. The molecule has 0 atom stereocenters. The number of phenolic OH excluding ortho intramolecular Hbond substituents is 2. The number of nitrogens with zero attached hydrogens (tertiary/aromatic N) is 3. The van der Waals surface area contributed by atoms with Gasteiger partial charge in [0, 0.05) is 29.1 Å². The number of nitriles is 1. The van der Waals surface area contributed by atoms with Gasteiger partial charge in [-0.15, -0.1) is 0 Å². The zero-order chi connectivity index (χ0) is 20.2. The molecule has 4 aromatic rings. The number of hydrogen-bond acceptors (Lipinski definition) is 4. The Balaban J connectivity index is 2.12. The second-order valence-corrected chi connectivity index (χ2v) is 6.42. The summed E-state index contributed by atoms with van der Waals surface area (Å²) < 4.78 is 1.83. The van der Waals surface area contributed by atoms with E-state index in [-0.39, 0.29) is 11.5 Å². The van der Waals surface area contributed by atoms with Crippen LogP contribution in [0.15, 0.2) is 91.5 Å². The Kier molecular flexibility index (Phi) is 4.83. The number of benzene rings is 3. The van der Waals surface area contributed by atoms with Crippen LogP contribution in [0.25, 0.3) is 11.3 Å². The maximum Gasteiger partial charge on any atom is 0.123 e. The molecule has 4 rings (SSSR count). The molecular weight excluding hydrogens is 362 g/mol. The molecule has 0 radical (unpaired) electrons. The highest BCUT2D eigenvalue weighted by atomic mass is 16.3. The minimum atomic E-state index is 0.0945. The first-order valence-electron chi connectivity index (χ1n) is 8.99. The molecule has 0 spiro atoms. The lowest BCUT2D eigenvalue weighted by molar-refractivity contribution is 0.471. The molecule has 0 aliphatic rings. The summed E-state index contributed by atoms with van der Waals surface area (Å²) in [6, 6.07) is 23.3. The van der Waals surface area contributed by atoms with Crippen LogP contribution in [0.5, 0.6) is 11.5 Å². The van der Waals surface area contributed by atoms with E-state index < -0.39 is 0 Å². The van der Waals surface area contributed by atoms with Crippen LogP contribution in [0.1, 0.15) is 22.3 Å². The molecule has 0 amide bonds. The van der Waals surface area contributed by atoms with Crippen molar-refractivity contribution in [3.63, 3.8) is 0 Å². The average molecular weight is 379 g/mol. The van der Waals surface area contributed by atoms with Crippen molar-refractivity contribution in [3.05, 3.63) is 114 Å². The number of para-hydroxylation sites is 2. The molecule has 0 bridgehead atoms. The SMILES string of the molecule is N#Cc1ccc(C(=C(c2ccccc2O)c2ccccc2O)n2ccnc2)cc1. The van der Waals surface area contributed by atoms with Gasteiger partial charge in [0.05, 0.1) is 23.7 Å². The summed E-state index contributed by atoms with van der Waals surface area (Å²) in [6.45, 7) is 0. The van der Waals surface area contributed by atoms with E-state index in [9.17, 15) is 10.2 Å². The predicted octanol–water partition coefficient (Wildman–Crippen LogP) is 4.63. The molecule has 140 valence electrons. The van der Waals surface area contributed by atoms with Gasteiger partial charge in [-0.25, -0.2) is 4.98 Å². The Hall–Kier alpha value is -4.30. The van der Waals surface area contributed by atoms with Gasteiger partial charge in [-0.05, 0) is 29.8 Å². The maximum atomic E-state index is 10.6. The molecule has 5 nitrogen and oxygen atoms in total. The van der Waals surface area contributed by atoms with Gasteiger partial charge in [-0.2, -0.15) is 5.26 Å². The fourth-order valence-electron chi connectivity index (χ4n) is 3.29. The van der Waals surface area contributed by atoms with E-state index in [1.807, 2.05) is 28.8 Å². The summed E-state index contributed by atoms with van der Waals surface area (Å²) in [4.78, 5) is 4.17. The molecule has 1 heterocycles. The van der Waals surface area contributed by atoms with Crippen LogP contribution in [-0.4, -0.2) is 19.8 Å². The van der Waals surface area contributed by atoms with E-state index in [1.54, 1.807) is 67.3 Å². The third kappa shape index (κ3) is 3.47. The highest BCUT2D eigenvalue weighted by Gasteiger charge is 2.20. The van der Waals surface area contributed by atoms with Crippen LogP contribution in [0.2, 0.25) is 0 Å². The van der Waals surface area contributed by atoms with Gasteiger partial charge in [0.2, 0.25) is 0 Å². The molecule has 0 aliphatic heterocycles. The first-order valence-corrected chi connectivity index (χ1v) is 8.99. The van der Waals surface area contributed by atoms with Crippen LogP contribution >= 0.6 is 0 Å². The molecule has 0 unspecified atom stereocenters. The molecule has 1 aromatic heterocycles. The monoisotopic (exact) mass is 379 g/mol. The summed E-state index contributed by atoms with van der Waals surface area (Å²) in [5.74, 6) is 0.189. The number of rotatable bonds is 4. The summed E-state index contributed by atoms with van der Waals surface area (Å²) >= 11 is 0. The van der Waals surface area contributed by atoms with Crippen LogP contribution in [0.4, 0.5) is 0 Å². The normalized spacial score (nSPS) is 10.3. The molecule has 0 saturated heterocycles. The second kappa shape index (κ2) is 7.75. The van der Waals surface area contributed by atoms with E-state index in [0.717, 1.165) is 11.3 Å². The van der Waals surface area contributed by atoms with Crippen molar-refractivity contribution < 1.29 is 10.2 Å². The first kappa shape index (κ1) is 18.1. The van der Waals surface area contributed by atoms with Crippen molar-refractivity contribution in [2.75, 3.05) is 0 Å². The molecule has 29 heavy (non-hydrogen) atoms. The van der Waals surface area contributed by atoms with E-state index in [2.05, 4.69) is 11.1 Å². The second-order valence-electron chi connectivity index (χ2n) is 6.42. The number of hydrogen-bond donors (Lipinski definition) is 2. The van der Waals surface area contributed by atoms with E-state index in [0.29, 0.717) is 22.3 Å². The van der Waals surface area contributed by atoms with Crippen LogP contribution in [-0.2, 0) is 0 Å². The molecule has 5 heteroatoms. The number of phenols is 2. The lowest BCUT2D eigenvalue weighted by Crippen LogP contribution is -2.03. The Bertz CT molecular complexity index is 1170. The van der Waals surface area contributed by atoms with Crippen molar-refractivity contribution in [3.8, 4) is 17.6 Å². The van der Waals surface area contributed by atoms with E-state index in [1.165, 1.54) is 0 Å². The van der Waals surface area contributed by atoms with Gasteiger partial charge in [0.25, 0.3) is 0 Å². The Morgan fingerprint density at radius 2 is 1.41 bits per heavy atom. The quantitative estimate of drug-likeness (QED) is 0.507. The van der Waals surface area contributed by atoms with Crippen molar-refractivity contribution in [1.82, 2.24) is 9.55 Å². The van der Waals surface area contributed by atoms with Crippen molar-refractivity contribution in [1.29, 1.82) is 5.26 Å². The smallest absolute Gasteiger partial charge is 0.123 e. The summed E-state index contributed by atoms with van der Waals surface area (Å²) in [7, 11) is 0. The molecule has 0 saturated carbocycles. The highest BCUT2D eigenvalue weighted by Crippen LogP contribution is 2.40. The van der Waals surface area contributed by atoms with Gasteiger partial charge in [0.1, 0.15) is 11.5 Å². The topological polar surface area (TPSA) is 82.1 Å². The van der Waals surface area contributed by atoms with Crippen molar-refractivity contribution >= 4 is 11.3 Å². The Morgan fingerprint density at radius 3 is 1.90 bits per heavy atom. The van der Waals surface area contributed by atoms with Gasteiger partial charge in [0.15, 0.2) is 0 Å². The minimum Gasteiger partial charge on any atom is -0.507 e. The van der Waals surface area contributed by atoms with Gasteiger partial charge in [-0.1, -0.05) is 48.5 Å². The molecule has 0 fully saturated rings. The van der Waals surface area contributed by atoms with Gasteiger partial charge < -0.3 is 14.8 Å². The Labute approximate surface area is 168 Å². The fraction of sp³-hybridized carbons (Fsp3) is 0. The van der Waals surface area contributed by atoms with Crippen LogP contribution in [0.3, 0.4) is 0 Å². The molecule has 0 aliphatic carbocycles. The lowest BCUT2D eigenvalue weighted by Gasteiger charge is -2.19. The fourth-order valence-corrected chi connectivity index (χ4v) is 3.29. The third-order valence-electron chi connectivity index (χ3n) is 4.63. The molecular formula is C24H17N3O2. The largest absolute Gasteiger partial charge is 0.507 e. The minimum absolute atomic E-state index is 0.0945. The van der Waals surface area contributed by atoms with Crippen LogP contribution < -0.4 is 0 Å². The average Bonchev–Trinajstić information content (AvgIpc) is 3.28. The Morgan fingerprint density at radius 1 is 0.828 bits per heavy atom. The van der Waals surface area contributed by atoms with Crippen LogP contribution in [0, 0.1) is 11.3 Å². The van der Waals surface area contributed by atoms with Gasteiger partial charge in [-0.3, -0.25) is 0 Å². The highest BCUT2D eigenvalue weighted by molar-refractivity contribution is 6.01. The zero-order valence-corrected chi connectivity index (χ0v) is 15.4. The van der Waals surface area contributed by atoms with Crippen molar-refractivity contribution in [2.45, 2.75) is 0 Å². The molecule has 3 aromatic carbocycles. The molecule has 2 N–H and O–H groups in total. The standard InChI is InChI=1S/C24H17N3O2/c25-15-17-9-11-18(12-10-17)24(27-14-13-26-16-27)23(19-5-1-3-7-21(19)28)20-6-2-4-8-22(20)29/h1-14,16,28-29H. The zero-order valence-electron chi connectivity index (χ0n) is 15.4. The van der Waals surface area contributed by atoms with Gasteiger partial charge >= 0.3 is 0 Å². The van der Waals surface area contributed by atoms with E-state index in [4.69, 9.17) is 5.26 Å². The van der Waals surface area contributed by atoms with Crippen molar-refractivity contribution in [2.24, 2.45) is 0 Å². The predicted molar refractivity (Wildman–Crippen MR) is 111 cm³/mol. The summed E-state index contributed by atoms with van der Waals surface area (Å²) in [5, 5.41) is 30.4. The third-order valence-corrected chi connectivity index (χ3v) is 4.63. The number of aromatic nitrogens is 2. The lowest BCUT2D eigenvalue weighted by atomic mass is 9.91.